The molecule has 0 spiro atoms. The van der Waals surface area contributed by atoms with E-state index in [0.29, 0.717) is 12.8 Å². The third-order valence-electron chi connectivity index (χ3n) is 3.12. The molecule has 1 fully saturated rings. The third kappa shape index (κ3) is 4.27. The van der Waals surface area contributed by atoms with Crippen molar-refractivity contribution in [1.82, 2.24) is 0 Å². The molecule has 1 rings (SSSR count). The molecule has 0 aromatic carbocycles. The van der Waals surface area contributed by atoms with E-state index < -0.39 is 15.5 Å². The maximum absolute atomic E-state index is 11.6. The van der Waals surface area contributed by atoms with Crippen LogP contribution in [0.1, 0.15) is 33.6 Å². The number of esters is 1. The molecule has 0 amide bonds. The Kier molecular flexibility index (Phi) is 4.55. The molecule has 5 nitrogen and oxygen atoms in total. The number of ether oxygens (including phenoxy) is 1. The SMILES string of the molecule is CCC(C)(C)C(=O)OCCC1COS(=O)(=O)C1. The van der Waals surface area contributed by atoms with Gasteiger partial charge in [-0.15, -0.1) is 0 Å². The molecule has 1 aliphatic rings. The van der Waals surface area contributed by atoms with Gasteiger partial charge in [0.25, 0.3) is 10.1 Å². The molecular formula is C11H20O5S. The fraction of sp³-hybridized carbons (Fsp3) is 0.909. The molecule has 1 saturated heterocycles. The van der Waals surface area contributed by atoms with Gasteiger partial charge in [-0.1, -0.05) is 6.92 Å². The van der Waals surface area contributed by atoms with Gasteiger partial charge in [0.1, 0.15) is 0 Å². The first-order chi connectivity index (χ1) is 7.77. The van der Waals surface area contributed by atoms with Crippen LogP contribution in [0.3, 0.4) is 0 Å². The summed E-state index contributed by atoms with van der Waals surface area (Å²) in [5, 5.41) is 0. The second-order valence-corrected chi connectivity index (χ2v) is 6.72. The van der Waals surface area contributed by atoms with Crippen LogP contribution in [0.4, 0.5) is 0 Å². The van der Waals surface area contributed by atoms with Crippen molar-refractivity contribution >= 4 is 16.1 Å². The van der Waals surface area contributed by atoms with Gasteiger partial charge < -0.3 is 4.74 Å². The summed E-state index contributed by atoms with van der Waals surface area (Å²) in [6.07, 6.45) is 1.25. The van der Waals surface area contributed by atoms with Crippen LogP contribution in [0.25, 0.3) is 0 Å². The maximum Gasteiger partial charge on any atom is 0.311 e. The van der Waals surface area contributed by atoms with Crippen molar-refractivity contribution in [2.45, 2.75) is 33.6 Å². The van der Waals surface area contributed by atoms with Crippen molar-refractivity contribution in [3.05, 3.63) is 0 Å². The van der Waals surface area contributed by atoms with E-state index in [0.717, 1.165) is 0 Å². The number of hydrogen-bond donors (Lipinski definition) is 0. The Hall–Kier alpha value is -0.620. The van der Waals surface area contributed by atoms with Gasteiger partial charge in [-0.3, -0.25) is 8.98 Å². The van der Waals surface area contributed by atoms with E-state index in [-0.39, 0.29) is 30.9 Å². The van der Waals surface area contributed by atoms with Gasteiger partial charge in [0.05, 0.1) is 24.4 Å². The minimum absolute atomic E-state index is 0.0295. The van der Waals surface area contributed by atoms with Gasteiger partial charge in [0.2, 0.25) is 0 Å². The smallest absolute Gasteiger partial charge is 0.311 e. The van der Waals surface area contributed by atoms with Crippen LogP contribution in [0.15, 0.2) is 0 Å². The van der Waals surface area contributed by atoms with E-state index in [4.69, 9.17) is 4.74 Å². The molecule has 0 aromatic heterocycles. The molecular weight excluding hydrogens is 244 g/mol. The highest BCUT2D eigenvalue weighted by Gasteiger charge is 2.30. The Morgan fingerprint density at radius 1 is 1.47 bits per heavy atom. The zero-order valence-corrected chi connectivity index (χ0v) is 11.4. The molecule has 1 unspecified atom stereocenters. The van der Waals surface area contributed by atoms with Gasteiger partial charge in [-0.2, -0.15) is 8.42 Å². The maximum atomic E-state index is 11.6. The summed E-state index contributed by atoms with van der Waals surface area (Å²) in [5.41, 5.74) is -0.474. The van der Waals surface area contributed by atoms with Crippen molar-refractivity contribution in [3.8, 4) is 0 Å². The van der Waals surface area contributed by atoms with Crippen LogP contribution < -0.4 is 0 Å². The molecule has 100 valence electrons. The number of carbonyl (C=O) groups is 1. The molecule has 0 N–H and O–H groups in total. The summed E-state index contributed by atoms with van der Waals surface area (Å²) in [7, 11) is -3.32. The lowest BCUT2D eigenvalue weighted by atomic mass is 9.91. The Morgan fingerprint density at radius 2 is 2.12 bits per heavy atom. The molecule has 0 bridgehead atoms. The minimum atomic E-state index is -3.32. The van der Waals surface area contributed by atoms with Crippen molar-refractivity contribution in [2.75, 3.05) is 19.0 Å². The van der Waals surface area contributed by atoms with Gasteiger partial charge >= 0.3 is 5.97 Å². The van der Waals surface area contributed by atoms with Crippen molar-refractivity contribution in [3.63, 3.8) is 0 Å². The van der Waals surface area contributed by atoms with E-state index in [1.165, 1.54) is 0 Å². The average Bonchev–Trinajstić information content (AvgIpc) is 2.58. The van der Waals surface area contributed by atoms with E-state index >= 15 is 0 Å². The van der Waals surface area contributed by atoms with E-state index in [9.17, 15) is 13.2 Å². The molecule has 0 aromatic rings. The number of rotatable bonds is 5. The lowest BCUT2D eigenvalue weighted by Crippen LogP contribution is -2.26. The number of carbonyl (C=O) groups excluding carboxylic acids is 1. The molecule has 0 saturated carbocycles. The molecule has 17 heavy (non-hydrogen) atoms. The topological polar surface area (TPSA) is 69.7 Å². The largest absolute Gasteiger partial charge is 0.465 e. The van der Waals surface area contributed by atoms with Crippen LogP contribution in [-0.2, 0) is 23.8 Å². The lowest BCUT2D eigenvalue weighted by Gasteiger charge is -2.20. The summed E-state index contributed by atoms with van der Waals surface area (Å²) in [6.45, 7) is 6.05. The summed E-state index contributed by atoms with van der Waals surface area (Å²) in [6, 6.07) is 0. The second-order valence-electron chi connectivity index (χ2n) is 5.04. The normalized spacial score (nSPS) is 23.6. The summed E-state index contributed by atoms with van der Waals surface area (Å²) in [4.78, 5) is 11.6. The number of hydrogen-bond acceptors (Lipinski definition) is 5. The predicted molar refractivity (Wildman–Crippen MR) is 62.9 cm³/mol. The third-order valence-corrected chi connectivity index (χ3v) is 4.49. The zero-order valence-electron chi connectivity index (χ0n) is 10.6. The second kappa shape index (κ2) is 5.35. The highest BCUT2D eigenvalue weighted by Crippen LogP contribution is 2.22. The average molecular weight is 264 g/mol. The Bertz CT molecular complexity index is 371. The van der Waals surface area contributed by atoms with Crippen molar-refractivity contribution in [1.29, 1.82) is 0 Å². The van der Waals surface area contributed by atoms with Crippen molar-refractivity contribution in [2.24, 2.45) is 11.3 Å². The molecule has 1 heterocycles. The monoisotopic (exact) mass is 264 g/mol. The van der Waals surface area contributed by atoms with Gasteiger partial charge in [0, 0.05) is 5.92 Å². The zero-order chi connectivity index (χ0) is 13.1. The molecule has 1 aliphatic heterocycles. The predicted octanol–water partition coefficient (Wildman–Crippen LogP) is 1.33. The lowest BCUT2D eigenvalue weighted by molar-refractivity contribution is -0.154. The molecule has 1 atom stereocenters. The standard InChI is InChI=1S/C11H20O5S/c1-4-11(2,3)10(12)15-6-5-9-7-16-17(13,14)8-9/h9H,4-8H2,1-3H3. The van der Waals surface area contributed by atoms with Crippen LogP contribution in [0.5, 0.6) is 0 Å². The van der Waals surface area contributed by atoms with Crippen LogP contribution in [0, 0.1) is 11.3 Å². The van der Waals surface area contributed by atoms with Crippen LogP contribution in [-0.4, -0.2) is 33.4 Å². The first-order valence-corrected chi connectivity index (χ1v) is 7.39. The Labute approximate surface area is 103 Å². The Balaban J connectivity index is 2.28. The van der Waals surface area contributed by atoms with E-state index in [2.05, 4.69) is 4.18 Å². The fourth-order valence-electron chi connectivity index (χ4n) is 1.41. The van der Waals surface area contributed by atoms with Crippen LogP contribution >= 0.6 is 0 Å². The van der Waals surface area contributed by atoms with Gasteiger partial charge in [-0.05, 0) is 26.7 Å². The van der Waals surface area contributed by atoms with E-state index in [1.54, 1.807) is 0 Å². The first kappa shape index (κ1) is 14.4. The fourth-order valence-corrected chi connectivity index (χ4v) is 2.75. The summed E-state index contributed by atoms with van der Waals surface area (Å²) >= 11 is 0. The highest BCUT2D eigenvalue weighted by molar-refractivity contribution is 7.86. The van der Waals surface area contributed by atoms with Crippen molar-refractivity contribution < 1.29 is 22.1 Å². The summed E-state index contributed by atoms with van der Waals surface area (Å²) in [5.74, 6) is -0.263. The Morgan fingerprint density at radius 3 is 2.59 bits per heavy atom. The van der Waals surface area contributed by atoms with Gasteiger partial charge in [0.15, 0.2) is 0 Å². The molecule has 6 heteroatoms. The highest BCUT2D eigenvalue weighted by atomic mass is 32.2. The van der Waals surface area contributed by atoms with Gasteiger partial charge in [-0.25, -0.2) is 0 Å². The minimum Gasteiger partial charge on any atom is -0.465 e. The quantitative estimate of drug-likeness (QED) is 0.553. The first-order valence-electron chi connectivity index (χ1n) is 5.81. The molecule has 0 aliphatic carbocycles. The summed E-state index contributed by atoms with van der Waals surface area (Å²) < 4.78 is 31.8. The molecule has 0 radical (unpaired) electrons. The van der Waals surface area contributed by atoms with E-state index in [1.807, 2.05) is 20.8 Å². The van der Waals surface area contributed by atoms with Crippen LogP contribution in [0.2, 0.25) is 0 Å².